The van der Waals surface area contributed by atoms with Gasteiger partial charge in [0, 0.05) is 11.1 Å². The number of rotatable bonds is 5. The van der Waals surface area contributed by atoms with E-state index in [1.54, 1.807) is 6.07 Å². The Morgan fingerprint density at radius 1 is 0.970 bits per heavy atom. The van der Waals surface area contributed by atoms with Gasteiger partial charge in [-0.3, -0.25) is 4.79 Å². The Kier molecular flexibility index (Phi) is 5.13. The highest BCUT2D eigenvalue weighted by molar-refractivity contribution is 6.08. The van der Waals surface area contributed by atoms with Crippen molar-refractivity contribution in [2.75, 3.05) is 0 Å². The van der Waals surface area contributed by atoms with Crippen LogP contribution in [0.25, 0.3) is 22.5 Å². The van der Waals surface area contributed by atoms with Crippen LogP contribution in [0.4, 0.5) is 4.39 Å². The van der Waals surface area contributed by atoms with E-state index < -0.39 is 5.82 Å². The molecule has 0 saturated heterocycles. The highest BCUT2D eigenvalue weighted by Gasteiger charge is 2.22. The Morgan fingerprint density at radius 2 is 1.79 bits per heavy atom. The lowest BCUT2D eigenvalue weighted by Crippen LogP contribution is -2.13. The number of fused-ring (bicyclic) bond motifs is 1. The van der Waals surface area contributed by atoms with Crippen LogP contribution in [0.3, 0.4) is 0 Å². The number of carbonyl (C=O) groups is 1. The van der Waals surface area contributed by atoms with Gasteiger partial charge in [0.1, 0.15) is 17.3 Å². The van der Waals surface area contributed by atoms with Gasteiger partial charge in [0.2, 0.25) is 11.7 Å². The summed E-state index contributed by atoms with van der Waals surface area (Å²) in [4.78, 5) is 22.6. The smallest absolute Gasteiger partial charge is 0.228 e. The molecule has 0 atom stereocenters. The predicted octanol–water partition coefficient (Wildman–Crippen LogP) is 6.03. The van der Waals surface area contributed by atoms with Gasteiger partial charge in [-0.05, 0) is 56.7 Å². The molecule has 0 aliphatic rings. The molecule has 33 heavy (non-hydrogen) atoms. The average Bonchev–Trinajstić information content (AvgIpc) is 3.36. The summed E-state index contributed by atoms with van der Waals surface area (Å²) in [7, 11) is 0. The zero-order chi connectivity index (χ0) is 23.1. The van der Waals surface area contributed by atoms with Crippen molar-refractivity contribution in [3.63, 3.8) is 0 Å². The minimum absolute atomic E-state index is 0.234. The fourth-order valence-electron chi connectivity index (χ4n) is 3.97. The highest BCUT2D eigenvalue weighted by Crippen LogP contribution is 2.28. The van der Waals surface area contributed by atoms with Gasteiger partial charge in [-0.2, -0.15) is 0 Å². The van der Waals surface area contributed by atoms with Crippen LogP contribution < -0.4 is 0 Å². The SMILES string of the molecule is Cc1ccc(C)c(-c2nc(Cn3c(C(=O)c4cccc(F)c4)nc4ccccc43)c(C)o2)c1. The van der Waals surface area contributed by atoms with E-state index in [2.05, 4.69) is 17.1 Å². The first-order valence-corrected chi connectivity index (χ1v) is 10.7. The average molecular weight is 439 g/mol. The molecular weight excluding hydrogens is 417 g/mol. The van der Waals surface area contributed by atoms with Crippen LogP contribution in [-0.2, 0) is 6.54 Å². The van der Waals surface area contributed by atoms with Gasteiger partial charge in [0.25, 0.3) is 0 Å². The van der Waals surface area contributed by atoms with E-state index in [0.717, 1.165) is 22.2 Å². The number of hydrogen-bond donors (Lipinski definition) is 0. The maximum absolute atomic E-state index is 13.8. The Labute approximate surface area is 190 Å². The molecule has 0 N–H and O–H groups in total. The van der Waals surface area contributed by atoms with Crippen molar-refractivity contribution >= 4 is 16.8 Å². The van der Waals surface area contributed by atoms with E-state index in [9.17, 15) is 9.18 Å². The Bertz CT molecular complexity index is 1510. The monoisotopic (exact) mass is 439 g/mol. The van der Waals surface area contributed by atoms with Crippen molar-refractivity contribution in [2.45, 2.75) is 27.3 Å². The zero-order valence-electron chi connectivity index (χ0n) is 18.6. The topological polar surface area (TPSA) is 60.9 Å². The molecule has 3 aromatic carbocycles. The second-order valence-corrected chi connectivity index (χ2v) is 8.19. The number of aryl methyl sites for hydroxylation is 3. The van der Waals surface area contributed by atoms with E-state index in [1.807, 2.05) is 55.7 Å². The van der Waals surface area contributed by atoms with Gasteiger partial charge in [-0.15, -0.1) is 0 Å². The number of ketones is 1. The van der Waals surface area contributed by atoms with Crippen molar-refractivity contribution < 1.29 is 13.6 Å². The lowest BCUT2D eigenvalue weighted by Gasteiger charge is -2.08. The quantitative estimate of drug-likeness (QED) is 0.314. The first kappa shape index (κ1) is 20.8. The van der Waals surface area contributed by atoms with Crippen LogP contribution >= 0.6 is 0 Å². The molecule has 6 heteroatoms. The third-order valence-electron chi connectivity index (χ3n) is 5.77. The minimum Gasteiger partial charge on any atom is -0.441 e. The highest BCUT2D eigenvalue weighted by atomic mass is 19.1. The molecule has 0 bridgehead atoms. The third kappa shape index (κ3) is 3.84. The van der Waals surface area contributed by atoms with Crippen LogP contribution in [0, 0.1) is 26.6 Å². The molecule has 2 aromatic heterocycles. The van der Waals surface area contributed by atoms with Crippen molar-refractivity contribution in [1.29, 1.82) is 0 Å². The maximum Gasteiger partial charge on any atom is 0.228 e. The van der Waals surface area contributed by atoms with Crippen molar-refractivity contribution in [3.05, 3.63) is 107 Å². The zero-order valence-corrected chi connectivity index (χ0v) is 18.6. The normalized spacial score (nSPS) is 11.3. The lowest BCUT2D eigenvalue weighted by atomic mass is 10.1. The molecule has 0 radical (unpaired) electrons. The first-order valence-electron chi connectivity index (χ1n) is 10.7. The van der Waals surface area contributed by atoms with Crippen LogP contribution in [0.5, 0.6) is 0 Å². The fourth-order valence-corrected chi connectivity index (χ4v) is 3.97. The molecule has 0 unspecified atom stereocenters. The molecule has 0 aliphatic carbocycles. The summed E-state index contributed by atoms with van der Waals surface area (Å²) < 4.78 is 21.6. The van der Waals surface area contributed by atoms with Crippen molar-refractivity contribution in [1.82, 2.24) is 14.5 Å². The summed E-state index contributed by atoms with van der Waals surface area (Å²) in [5.41, 5.74) is 5.58. The first-order chi connectivity index (χ1) is 15.9. The molecule has 0 fully saturated rings. The van der Waals surface area contributed by atoms with Gasteiger partial charge >= 0.3 is 0 Å². The number of imidazole rings is 1. The number of benzene rings is 3. The van der Waals surface area contributed by atoms with Gasteiger partial charge in [-0.25, -0.2) is 14.4 Å². The molecule has 164 valence electrons. The van der Waals surface area contributed by atoms with Crippen LogP contribution in [0.15, 0.2) is 71.1 Å². The van der Waals surface area contributed by atoms with Gasteiger partial charge in [0.05, 0.1) is 17.6 Å². The standard InChI is InChI=1S/C27H22FN3O2/c1-16-11-12-17(2)21(13-16)27-30-23(18(3)33-27)15-31-24-10-5-4-9-22(24)29-26(31)25(32)19-7-6-8-20(28)14-19/h4-14H,15H2,1-3H3. The Hall–Kier alpha value is -4.06. The van der Waals surface area contributed by atoms with Crippen molar-refractivity contribution in [2.24, 2.45) is 0 Å². The Morgan fingerprint density at radius 3 is 2.61 bits per heavy atom. The summed E-state index contributed by atoms with van der Waals surface area (Å²) >= 11 is 0. The Balaban J connectivity index is 1.60. The largest absolute Gasteiger partial charge is 0.441 e. The number of hydrogen-bond acceptors (Lipinski definition) is 4. The number of aromatic nitrogens is 3. The summed E-state index contributed by atoms with van der Waals surface area (Å²) in [6, 6.07) is 19.3. The summed E-state index contributed by atoms with van der Waals surface area (Å²) in [5.74, 6) is 0.645. The van der Waals surface area contributed by atoms with Crippen LogP contribution in [-0.4, -0.2) is 20.3 Å². The van der Waals surface area contributed by atoms with Crippen molar-refractivity contribution in [3.8, 4) is 11.5 Å². The maximum atomic E-state index is 13.8. The van der Waals surface area contributed by atoms with E-state index in [1.165, 1.54) is 18.2 Å². The van der Waals surface area contributed by atoms with Gasteiger partial charge in [0.15, 0.2) is 5.82 Å². The second-order valence-electron chi connectivity index (χ2n) is 8.19. The molecule has 2 heterocycles. The number of oxazole rings is 1. The van der Waals surface area contributed by atoms with E-state index >= 15 is 0 Å². The molecule has 0 amide bonds. The molecule has 0 spiro atoms. The molecule has 5 nitrogen and oxygen atoms in total. The van der Waals surface area contributed by atoms with Gasteiger partial charge in [-0.1, -0.05) is 42.0 Å². The van der Waals surface area contributed by atoms with E-state index in [0.29, 0.717) is 29.4 Å². The minimum atomic E-state index is -0.464. The number of para-hydroxylation sites is 2. The summed E-state index contributed by atoms with van der Waals surface area (Å²) in [6.07, 6.45) is 0. The molecular formula is C27H22FN3O2. The lowest BCUT2D eigenvalue weighted by molar-refractivity contribution is 0.102. The van der Waals surface area contributed by atoms with Gasteiger partial charge < -0.3 is 8.98 Å². The third-order valence-corrected chi connectivity index (χ3v) is 5.77. The fraction of sp³-hybridized carbons (Fsp3) is 0.148. The number of carbonyl (C=O) groups excluding carboxylic acids is 1. The second kappa shape index (κ2) is 8.13. The molecule has 0 aliphatic heterocycles. The molecule has 5 aromatic rings. The molecule has 5 rings (SSSR count). The van der Waals surface area contributed by atoms with E-state index in [-0.39, 0.29) is 17.2 Å². The predicted molar refractivity (Wildman–Crippen MR) is 125 cm³/mol. The van der Waals surface area contributed by atoms with Crippen LogP contribution in [0.1, 0.15) is 38.8 Å². The summed E-state index contributed by atoms with van der Waals surface area (Å²) in [6.45, 7) is 6.22. The number of halogens is 1. The summed E-state index contributed by atoms with van der Waals surface area (Å²) in [5, 5.41) is 0. The molecule has 0 saturated carbocycles. The van der Waals surface area contributed by atoms with E-state index in [4.69, 9.17) is 9.40 Å². The van der Waals surface area contributed by atoms with Crippen LogP contribution in [0.2, 0.25) is 0 Å². The number of nitrogens with zero attached hydrogens (tertiary/aromatic N) is 3.